The Morgan fingerprint density at radius 1 is 1.52 bits per heavy atom. The van der Waals surface area contributed by atoms with Crippen molar-refractivity contribution in [1.82, 2.24) is 20.1 Å². The van der Waals surface area contributed by atoms with Crippen LogP contribution < -0.4 is 4.74 Å². The molecule has 1 atom stereocenters. The van der Waals surface area contributed by atoms with Crippen molar-refractivity contribution in [2.75, 3.05) is 19.7 Å². The van der Waals surface area contributed by atoms with Gasteiger partial charge in [0, 0.05) is 30.9 Å². The SMILES string of the molecule is CCOc1ncccc1C(=O)N1CCCC(c2cc(C)[nH]n2)C1. The third-order valence-corrected chi connectivity index (χ3v) is 4.14. The first kappa shape index (κ1) is 15.5. The molecule has 0 aromatic carbocycles. The van der Waals surface area contributed by atoms with E-state index in [-0.39, 0.29) is 11.8 Å². The molecule has 0 spiro atoms. The molecule has 6 nitrogen and oxygen atoms in total. The number of aromatic amines is 1. The molecule has 23 heavy (non-hydrogen) atoms. The third kappa shape index (κ3) is 3.36. The lowest BCUT2D eigenvalue weighted by molar-refractivity contribution is 0.0700. The average Bonchev–Trinajstić information content (AvgIpc) is 3.02. The molecule has 0 bridgehead atoms. The molecule has 1 aliphatic rings. The van der Waals surface area contributed by atoms with E-state index in [9.17, 15) is 4.79 Å². The Hall–Kier alpha value is -2.37. The highest BCUT2D eigenvalue weighted by Crippen LogP contribution is 2.28. The fraction of sp³-hybridized carbons (Fsp3) is 0.471. The van der Waals surface area contributed by atoms with Crippen LogP contribution in [0.5, 0.6) is 5.88 Å². The summed E-state index contributed by atoms with van der Waals surface area (Å²) >= 11 is 0. The fourth-order valence-corrected chi connectivity index (χ4v) is 3.03. The van der Waals surface area contributed by atoms with E-state index in [1.54, 1.807) is 18.3 Å². The second kappa shape index (κ2) is 6.81. The number of amides is 1. The molecule has 0 saturated carbocycles. The lowest BCUT2D eigenvalue weighted by Gasteiger charge is -2.32. The molecule has 2 aromatic heterocycles. The van der Waals surface area contributed by atoms with Crippen molar-refractivity contribution < 1.29 is 9.53 Å². The van der Waals surface area contributed by atoms with Crippen LogP contribution in [0.25, 0.3) is 0 Å². The van der Waals surface area contributed by atoms with Crippen LogP contribution in [-0.4, -0.2) is 45.7 Å². The number of likely N-dealkylation sites (tertiary alicyclic amines) is 1. The first-order chi connectivity index (χ1) is 11.2. The first-order valence-corrected chi connectivity index (χ1v) is 8.08. The second-order valence-corrected chi connectivity index (χ2v) is 5.86. The van der Waals surface area contributed by atoms with E-state index in [0.29, 0.717) is 24.6 Å². The summed E-state index contributed by atoms with van der Waals surface area (Å²) in [4.78, 5) is 18.9. The molecule has 122 valence electrons. The molecule has 0 aliphatic carbocycles. The Balaban J connectivity index is 1.77. The standard InChI is InChI=1S/C17H22N4O2/c1-3-23-16-14(7-4-8-18-16)17(22)21-9-5-6-13(11-21)15-10-12(2)19-20-15/h4,7-8,10,13H,3,5-6,9,11H2,1-2H3,(H,19,20). The topological polar surface area (TPSA) is 71.1 Å². The minimum atomic E-state index is -0.0153. The Kier molecular flexibility index (Phi) is 4.60. The van der Waals surface area contributed by atoms with E-state index in [0.717, 1.165) is 30.8 Å². The normalized spacial score (nSPS) is 18.0. The van der Waals surface area contributed by atoms with E-state index in [4.69, 9.17) is 4.74 Å². The van der Waals surface area contributed by atoms with Gasteiger partial charge in [-0.1, -0.05) is 0 Å². The maximum atomic E-state index is 12.9. The van der Waals surface area contributed by atoms with Crippen molar-refractivity contribution in [3.63, 3.8) is 0 Å². The van der Waals surface area contributed by atoms with Gasteiger partial charge in [-0.25, -0.2) is 4.98 Å². The van der Waals surface area contributed by atoms with Crippen LogP contribution in [0.15, 0.2) is 24.4 Å². The van der Waals surface area contributed by atoms with Crippen molar-refractivity contribution in [3.8, 4) is 5.88 Å². The number of nitrogens with one attached hydrogen (secondary N) is 1. The Labute approximate surface area is 135 Å². The quantitative estimate of drug-likeness (QED) is 0.941. The molecule has 0 radical (unpaired) electrons. The number of hydrogen-bond donors (Lipinski definition) is 1. The zero-order valence-corrected chi connectivity index (χ0v) is 13.6. The number of pyridine rings is 1. The Morgan fingerprint density at radius 2 is 2.39 bits per heavy atom. The van der Waals surface area contributed by atoms with Gasteiger partial charge in [0.2, 0.25) is 5.88 Å². The van der Waals surface area contributed by atoms with Gasteiger partial charge in [0.15, 0.2) is 0 Å². The van der Waals surface area contributed by atoms with Gasteiger partial charge in [0.1, 0.15) is 5.56 Å². The average molecular weight is 314 g/mol. The molecule has 2 aromatic rings. The van der Waals surface area contributed by atoms with E-state index in [1.165, 1.54) is 0 Å². The van der Waals surface area contributed by atoms with Crippen LogP contribution in [0, 0.1) is 6.92 Å². The van der Waals surface area contributed by atoms with E-state index in [2.05, 4.69) is 21.2 Å². The van der Waals surface area contributed by atoms with Crippen LogP contribution in [0.3, 0.4) is 0 Å². The van der Waals surface area contributed by atoms with Gasteiger partial charge < -0.3 is 9.64 Å². The highest BCUT2D eigenvalue weighted by molar-refractivity contribution is 5.96. The molecule has 6 heteroatoms. The lowest BCUT2D eigenvalue weighted by Crippen LogP contribution is -2.39. The molecule has 1 aliphatic heterocycles. The number of hydrogen-bond acceptors (Lipinski definition) is 4. The molecule has 3 rings (SSSR count). The molecule has 1 saturated heterocycles. The first-order valence-electron chi connectivity index (χ1n) is 8.08. The van der Waals surface area contributed by atoms with Gasteiger partial charge in [0.05, 0.1) is 12.3 Å². The number of ether oxygens (including phenoxy) is 1. The monoisotopic (exact) mass is 314 g/mol. The van der Waals surface area contributed by atoms with Crippen molar-refractivity contribution in [3.05, 3.63) is 41.3 Å². The minimum Gasteiger partial charge on any atom is -0.477 e. The zero-order valence-electron chi connectivity index (χ0n) is 13.6. The zero-order chi connectivity index (χ0) is 16.2. The van der Waals surface area contributed by atoms with Crippen molar-refractivity contribution in [2.24, 2.45) is 0 Å². The van der Waals surface area contributed by atoms with Crippen LogP contribution in [-0.2, 0) is 0 Å². The summed E-state index contributed by atoms with van der Waals surface area (Å²) in [5, 5.41) is 7.34. The van der Waals surface area contributed by atoms with Gasteiger partial charge >= 0.3 is 0 Å². The van der Waals surface area contributed by atoms with Crippen molar-refractivity contribution in [1.29, 1.82) is 0 Å². The van der Waals surface area contributed by atoms with E-state index in [1.807, 2.05) is 18.7 Å². The molecule has 1 unspecified atom stereocenters. The predicted octanol–water partition coefficient (Wildman–Crippen LogP) is 2.53. The number of piperidine rings is 1. The maximum absolute atomic E-state index is 12.9. The van der Waals surface area contributed by atoms with Gasteiger partial charge in [-0.15, -0.1) is 0 Å². The van der Waals surface area contributed by atoms with Crippen molar-refractivity contribution >= 4 is 5.91 Å². The largest absolute Gasteiger partial charge is 0.477 e. The number of nitrogens with zero attached hydrogens (tertiary/aromatic N) is 3. The molecule has 1 N–H and O–H groups in total. The lowest BCUT2D eigenvalue weighted by atomic mass is 9.94. The molecular formula is C17H22N4O2. The number of carbonyl (C=O) groups is 1. The van der Waals surface area contributed by atoms with Gasteiger partial charge in [-0.2, -0.15) is 5.10 Å². The van der Waals surface area contributed by atoms with Crippen LogP contribution >= 0.6 is 0 Å². The summed E-state index contributed by atoms with van der Waals surface area (Å²) in [5.41, 5.74) is 2.62. The summed E-state index contributed by atoms with van der Waals surface area (Å²) in [6, 6.07) is 5.62. The highest BCUT2D eigenvalue weighted by Gasteiger charge is 2.28. The van der Waals surface area contributed by atoms with Crippen LogP contribution in [0.1, 0.15) is 47.4 Å². The number of carbonyl (C=O) groups excluding carboxylic acids is 1. The summed E-state index contributed by atoms with van der Waals surface area (Å²) < 4.78 is 5.49. The van der Waals surface area contributed by atoms with E-state index < -0.39 is 0 Å². The number of aromatic nitrogens is 3. The number of aryl methyl sites for hydroxylation is 1. The molecule has 1 fully saturated rings. The Morgan fingerprint density at radius 3 is 3.13 bits per heavy atom. The fourth-order valence-electron chi connectivity index (χ4n) is 3.03. The smallest absolute Gasteiger partial charge is 0.259 e. The molecular weight excluding hydrogens is 292 g/mol. The highest BCUT2D eigenvalue weighted by atomic mass is 16.5. The second-order valence-electron chi connectivity index (χ2n) is 5.86. The summed E-state index contributed by atoms with van der Waals surface area (Å²) in [7, 11) is 0. The summed E-state index contributed by atoms with van der Waals surface area (Å²) in [6.07, 6.45) is 3.68. The minimum absolute atomic E-state index is 0.0153. The van der Waals surface area contributed by atoms with Gasteiger partial charge in [-0.3, -0.25) is 9.89 Å². The van der Waals surface area contributed by atoms with Crippen molar-refractivity contribution in [2.45, 2.75) is 32.6 Å². The summed E-state index contributed by atoms with van der Waals surface area (Å²) in [5.74, 6) is 0.682. The molecule has 1 amide bonds. The third-order valence-electron chi connectivity index (χ3n) is 4.14. The van der Waals surface area contributed by atoms with E-state index >= 15 is 0 Å². The molecule has 3 heterocycles. The number of rotatable bonds is 4. The van der Waals surface area contributed by atoms with Crippen LogP contribution in [0.4, 0.5) is 0 Å². The maximum Gasteiger partial charge on any atom is 0.259 e. The van der Waals surface area contributed by atoms with Gasteiger partial charge in [-0.05, 0) is 44.9 Å². The Bertz CT molecular complexity index is 683. The van der Waals surface area contributed by atoms with Gasteiger partial charge in [0.25, 0.3) is 5.91 Å². The summed E-state index contributed by atoms with van der Waals surface area (Å²) in [6.45, 7) is 5.82. The number of H-pyrrole nitrogens is 1. The predicted molar refractivity (Wildman–Crippen MR) is 86.6 cm³/mol. The van der Waals surface area contributed by atoms with Crippen LogP contribution in [0.2, 0.25) is 0 Å².